The van der Waals surface area contributed by atoms with Crippen molar-refractivity contribution < 1.29 is 0 Å². The maximum absolute atomic E-state index is 4.28. The Morgan fingerprint density at radius 1 is 1.41 bits per heavy atom. The Hall–Kier alpha value is -1.58. The molecule has 1 saturated carbocycles. The number of pyridine rings is 1. The van der Waals surface area contributed by atoms with Crippen LogP contribution in [-0.2, 0) is 0 Å². The van der Waals surface area contributed by atoms with Gasteiger partial charge in [-0.1, -0.05) is 6.92 Å². The number of nitrogens with zero attached hydrogens (tertiary/aromatic N) is 3. The van der Waals surface area contributed by atoms with Crippen LogP contribution in [0.3, 0.4) is 0 Å². The van der Waals surface area contributed by atoms with Gasteiger partial charge in [-0.25, -0.2) is 4.98 Å². The Bertz CT molecular complexity index is 534. The van der Waals surface area contributed by atoms with Crippen molar-refractivity contribution in [2.24, 2.45) is 0 Å². The van der Waals surface area contributed by atoms with Crippen LogP contribution in [0.1, 0.15) is 38.2 Å². The topological polar surface area (TPSA) is 42.2 Å². The van der Waals surface area contributed by atoms with Gasteiger partial charge in [0.1, 0.15) is 12.1 Å². The molecule has 0 atom stereocenters. The second kappa shape index (κ2) is 3.72. The SMILES string of the molecule is CCC1(Nc2cc(C)cc3ncnn23)CCC1. The van der Waals surface area contributed by atoms with E-state index in [4.69, 9.17) is 0 Å². The van der Waals surface area contributed by atoms with E-state index in [2.05, 4.69) is 41.4 Å². The molecule has 0 aromatic carbocycles. The van der Waals surface area contributed by atoms with Gasteiger partial charge in [-0.15, -0.1) is 0 Å². The normalized spacial score (nSPS) is 18.0. The van der Waals surface area contributed by atoms with Gasteiger partial charge in [0.2, 0.25) is 0 Å². The molecule has 90 valence electrons. The zero-order chi connectivity index (χ0) is 11.9. The number of aryl methyl sites for hydroxylation is 1. The third-order valence-corrected chi connectivity index (χ3v) is 3.90. The molecule has 1 aliphatic rings. The van der Waals surface area contributed by atoms with E-state index < -0.39 is 0 Å². The van der Waals surface area contributed by atoms with Crippen LogP contribution in [0, 0.1) is 6.92 Å². The third-order valence-electron chi connectivity index (χ3n) is 3.90. The molecule has 1 fully saturated rings. The molecule has 0 bridgehead atoms. The highest BCUT2D eigenvalue weighted by Gasteiger charge is 2.35. The van der Waals surface area contributed by atoms with E-state index >= 15 is 0 Å². The summed E-state index contributed by atoms with van der Waals surface area (Å²) >= 11 is 0. The molecule has 0 spiro atoms. The molecule has 4 heteroatoms. The highest BCUT2D eigenvalue weighted by Crippen LogP contribution is 2.37. The van der Waals surface area contributed by atoms with Crippen LogP contribution in [0.5, 0.6) is 0 Å². The summed E-state index contributed by atoms with van der Waals surface area (Å²) in [5.74, 6) is 1.07. The summed E-state index contributed by atoms with van der Waals surface area (Å²) in [5.41, 5.74) is 2.42. The summed E-state index contributed by atoms with van der Waals surface area (Å²) in [6.07, 6.45) is 6.62. The molecular formula is C13H18N4. The van der Waals surface area contributed by atoms with Crippen LogP contribution < -0.4 is 5.32 Å². The zero-order valence-electron chi connectivity index (χ0n) is 10.4. The van der Waals surface area contributed by atoms with Crippen molar-refractivity contribution in [3.05, 3.63) is 24.0 Å². The summed E-state index contributed by atoms with van der Waals surface area (Å²) < 4.78 is 1.89. The van der Waals surface area contributed by atoms with Gasteiger partial charge in [-0.2, -0.15) is 9.61 Å². The average molecular weight is 230 g/mol. The number of anilines is 1. The van der Waals surface area contributed by atoms with Crippen molar-refractivity contribution in [1.29, 1.82) is 0 Å². The van der Waals surface area contributed by atoms with Crippen molar-refractivity contribution in [3.8, 4) is 0 Å². The standard InChI is InChI=1S/C13H18N4/c1-3-13(5-4-6-13)16-12-8-10(2)7-11-14-9-15-17(11)12/h7-9,16H,3-6H2,1-2H3. The predicted octanol–water partition coefficient (Wildman–Crippen LogP) is 2.78. The summed E-state index contributed by atoms with van der Waals surface area (Å²) in [7, 11) is 0. The fourth-order valence-electron chi connectivity index (χ4n) is 2.59. The first-order valence-corrected chi connectivity index (χ1v) is 6.31. The molecular weight excluding hydrogens is 212 g/mol. The fourth-order valence-corrected chi connectivity index (χ4v) is 2.59. The lowest BCUT2D eigenvalue weighted by molar-refractivity contribution is 0.268. The van der Waals surface area contributed by atoms with Crippen LogP contribution in [0.15, 0.2) is 18.5 Å². The van der Waals surface area contributed by atoms with Gasteiger partial charge in [0, 0.05) is 5.54 Å². The molecule has 17 heavy (non-hydrogen) atoms. The number of fused-ring (bicyclic) bond motifs is 1. The Labute approximate surface area is 101 Å². The first-order valence-electron chi connectivity index (χ1n) is 6.31. The predicted molar refractivity (Wildman–Crippen MR) is 68.2 cm³/mol. The Morgan fingerprint density at radius 2 is 2.24 bits per heavy atom. The molecule has 0 unspecified atom stereocenters. The summed E-state index contributed by atoms with van der Waals surface area (Å²) in [5, 5.41) is 7.95. The number of rotatable bonds is 3. The van der Waals surface area contributed by atoms with Crippen LogP contribution >= 0.6 is 0 Å². The maximum Gasteiger partial charge on any atom is 0.157 e. The lowest BCUT2D eigenvalue weighted by atomic mass is 9.75. The van der Waals surface area contributed by atoms with Crippen molar-refractivity contribution in [1.82, 2.24) is 14.6 Å². The molecule has 0 radical (unpaired) electrons. The number of aromatic nitrogens is 3. The second-order valence-corrected chi connectivity index (χ2v) is 5.06. The molecule has 2 heterocycles. The van der Waals surface area contributed by atoms with E-state index in [9.17, 15) is 0 Å². The zero-order valence-corrected chi connectivity index (χ0v) is 10.4. The minimum absolute atomic E-state index is 0.284. The molecule has 0 saturated heterocycles. The summed E-state index contributed by atoms with van der Waals surface area (Å²) in [6, 6.07) is 4.20. The lowest BCUT2D eigenvalue weighted by Crippen LogP contribution is -2.44. The largest absolute Gasteiger partial charge is 0.365 e. The molecule has 4 nitrogen and oxygen atoms in total. The van der Waals surface area contributed by atoms with Gasteiger partial charge in [0.15, 0.2) is 5.65 Å². The Kier molecular flexibility index (Phi) is 2.31. The van der Waals surface area contributed by atoms with Crippen molar-refractivity contribution in [2.45, 2.75) is 45.1 Å². The summed E-state index contributed by atoms with van der Waals surface area (Å²) in [6.45, 7) is 4.35. The fraction of sp³-hybridized carbons (Fsp3) is 0.538. The van der Waals surface area contributed by atoms with E-state index in [1.54, 1.807) is 6.33 Å². The van der Waals surface area contributed by atoms with Crippen molar-refractivity contribution >= 4 is 11.5 Å². The first-order chi connectivity index (χ1) is 8.22. The van der Waals surface area contributed by atoms with Gasteiger partial charge in [0.05, 0.1) is 0 Å². The van der Waals surface area contributed by atoms with E-state index in [0.717, 1.165) is 17.9 Å². The number of nitrogens with one attached hydrogen (secondary N) is 1. The van der Waals surface area contributed by atoms with Gasteiger partial charge in [0.25, 0.3) is 0 Å². The minimum Gasteiger partial charge on any atom is -0.365 e. The van der Waals surface area contributed by atoms with Crippen LogP contribution in [-0.4, -0.2) is 20.1 Å². The quantitative estimate of drug-likeness (QED) is 0.881. The highest BCUT2D eigenvalue weighted by molar-refractivity contribution is 5.52. The van der Waals surface area contributed by atoms with Crippen LogP contribution in [0.25, 0.3) is 5.65 Å². The molecule has 2 aromatic rings. The van der Waals surface area contributed by atoms with Crippen LogP contribution in [0.4, 0.5) is 5.82 Å². The van der Waals surface area contributed by atoms with Gasteiger partial charge in [-0.05, 0) is 50.3 Å². The van der Waals surface area contributed by atoms with Crippen molar-refractivity contribution in [2.75, 3.05) is 5.32 Å². The van der Waals surface area contributed by atoms with E-state index in [0.29, 0.717) is 0 Å². The van der Waals surface area contributed by atoms with Gasteiger partial charge >= 0.3 is 0 Å². The minimum atomic E-state index is 0.284. The summed E-state index contributed by atoms with van der Waals surface area (Å²) in [4.78, 5) is 4.25. The third kappa shape index (κ3) is 1.68. The Balaban J connectivity index is 2.01. The van der Waals surface area contributed by atoms with Gasteiger partial charge < -0.3 is 5.32 Å². The average Bonchev–Trinajstić information content (AvgIpc) is 2.71. The maximum atomic E-state index is 4.28. The monoisotopic (exact) mass is 230 g/mol. The van der Waals surface area contributed by atoms with E-state index in [1.165, 1.54) is 24.8 Å². The van der Waals surface area contributed by atoms with Crippen LogP contribution in [0.2, 0.25) is 0 Å². The molecule has 1 N–H and O–H groups in total. The van der Waals surface area contributed by atoms with Gasteiger partial charge in [-0.3, -0.25) is 0 Å². The number of hydrogen-bond acceptors (Lipinski definition) is 3. The lowest BCUT2D eigenvalue weighted by Gasteiger charge is -2.42. The first kappa shape index (κ1) is 10.6. The molecule has 1 aliphatic carbocycles. The van der Waals surface area contributed by atoms with E-state index in [1.807, 2.05) is 4.52 Å². The molecule has 3 rings (SSSR count). The molecule has 0 aliphatic heterocycles. The number of hydrogen-bond donors (Lipinski definition) is 1. The van der Waals surface area contributed by atoms with Crippen molar-refractivity contribution in [3.63, 3.8) is 0 Å². The smallest absolute Gasteiger partial charge is 0.157 e. The second-order valence-electron chi connectivity index (χ2n) is 5.06. The molecule has 2 aromatic heterocycles. The highest BCUT2D eigenvalue weighted by atomic mass is 15.3. The van der Waals surface area contributed by atoms with E-state index in [-0.39, 0.29) is 5.54 Å². The molecule has 0 amide bonds. The Morgan fingerprint density at radius 3 is 2.88 bits per heavy atom.